The highest BCUT2D eigenvalue weighted by molar-refractivity contribution is 6.39. The second-order valence-electron chi connectivity index (χ2n) is 5.42. The van der Waals surface area contributed by atoms with Crippen LogP contribution in [0.2, 0.25) is 5.02 Å². The van der Waals surface area contributed by atoms with Gasteiger partial charge in [0.1, 0.15) is 5.75 Å². The topological polar surface area (TPSA) is 67.4 Å². The summed E-state index contributed by atoms with van der Waals surface area (Å²) in [5, 5.41) is 5.65. The van der Waals surface area contributed by atoms with Crippen molar-refractivity contribution in [2.24, 2.45) is 0 Å². The minimum atomic E-state index is -0.736. The van der Waals surface area contributed by atoms with E-state index in [-0.39, 0.29) is 12.6 Å². The molecule has 126 valence electrons. The van der Waals surface area contributed by atoms with Gasteiger partial charge in [0, 0.05) is 22.8 Å². The Morgan fingerprint density at radius 3 is 2.38 bits per heavy atom. The number of halogens is 1. The molecule has 2 amide bonds. The van der Waals surface area contributed by atoms with Crippen LogP contribution in [-0.2, 0) is 16.1 Å². The van der Waals surface area contributed by atoms with Gasteiger partial charge in [-0.25, -0.2) is 0 Å². The molecule has 0 bridgehead atoms. The Bertz CT molecular complexity index is 714. The molecule has 5 nitrogen and oxygen atoms in total. The Balaban J connectivity index is 1.93. The molecule has 0 aliphatic rings. The summed E-state index contributed by atoms with van der Waals surface area (Å²) in [5.74, 6) is -0.769. The first kappa shape index (κ1) is 17.8. The molecule has 2 aromatic rings. The number of hydrogen-bond donors (Lipinski definition) is 2. The molecule has 24 heavy (non-hydrogen) atoms. The number of rotatable bonds is 5. The van der Waals surface area contributed by atoms with Crippen molar-refractivity contribution in [2.45, 2.75) is 26.5 Å². The largest absolute Gasteiger partial charge is 0.491 e. The minimum Gasteiger partial charge on any atom is -0.491 e. The number of anilines is 1. The molecule has 0 aromatic heterocycles. The smallest absolute Gasteiger partial charge is 0.313 e. The molecule has 2 aromatic carbocycles. The van der Waals surface area contributed by atoms with Gasteiger partial charge < -0.3 is 15.4 Å². The highest BCUT2D eigenvalue weighted by Gasteiger charge is 2.14. The maximum atomic E-state index is 11.9. The van der Waals surface area contributed by atoms with E-state index in [1.54, 1.807) is 24.3 Å². The van der Waals surface area contributed by atoms with E-state index in [1.807, 2.05) is 38.1 Å². The van der Waals surface area contributed by atoms with Crippen LogP contribution in [0.3, 0.4) is 0 Å². The third-order valence-electron chi connectivity index (χ3n) is 3.08. The average Bonchev–Trinajstić information content (AvgIpc) is 2.55. The lowest BCUT2D eigenvalue weighted by molar-refractivity contribution is -0.136. The van der Waals surface area contributed by atoms with Gasteiger partial charge in [0.25, 0.3) is 0 Å². The second-order valence-corrected chi connectivity index (χ2v) is 5.85. The van der Waals surface area contributed by atoms with Gasteiger partial charge >= 0.3 is 11.8 Å². The van der Waals surface area contributed by atoms with E-state index < -0.39 is 11.8 Å². The number of carbonyl (C=O) groups is 2. The lowest BCUT2D eigenvalue weighted by Crippen LogP contribution is -2.35. The van der Waals surface area contributed by atoms with Crippen molar-refractivity contribution >= 4 is 29.1 Å². The fraction of sp³-hybridized carbons (Fsp3) is 0.222. The van der Waals surface area contributed by atoms with Crippen molar-refractivity contribution in [1.29, 1.82) is 0 Å². The van der Waals surface area contributed by atoms with E-state index >= 15 is 0 Å². The molecule has 0 aliphatic carbocycles. The van der Waals surface area contributed by atoms with E-state index in [4.69, 9.17) is 16.3 Å². The number of hydrogen-bond acceptors (Lipinski definition) is 3. The van der Waals surface area contributed by atoms with Crippen molar-refractivity contribution < 1.29 is 14.3 Å². The Morgan fingerprint density at radius 1 is 1.04 bits per heavy atom. The van der Waals surface area contributed by atoms with Crippen LogP contribution < -0.4 is 15.4 Å². The molecule has 6 heteroatoms. The third-order valence-corrected chi connectivity index (χ3v) is 3.33. The molecular formula is C18H19ClN2O3. The first-order valence-electron chi connectivity index (χ1n) is 7.55. The summed E-state index contributed by atoms with van der Waals surface area (Å²) in [5.41, 5.74) is 1.31. The lowest BCUT2D eigenvalue weighted by Gasteiger charge is -2.14. The number of benzene rings is 2. The Morgan fingerprint density at radius 2 is 1.71 bits per heavy atom. The van der Waals surface area contributed by atoms with E-state index in [1.165, 1.54) is 0 Å². The van der Waals surface area contributed by atoms with Crippen LogP contribution in [0.15, 0.2) is 48.5 Å². The second kappa shape index (κ2) is 8.36. The summed E-state index contributed by atoms with van der Waals surface area (Å²) in [6.07, 6.45) is 0.0232. The SMILES string of the molecule is CC(C)Oc1ccccc1CNC(=O)C(=O)Nc1ccc(Cl)cc1. The summed E-state index contributed by atoms with van der Waals surface area (Å²) in [6, 6.07) is 13.9. The Hall–Kier alpha value is -2.53. The van der Waals surface area contributed by atoms with Crippen LogP contribution >= 0.6 is 11.6 Å². The van der Waals surface area contributed by atoms with Crippen molar-refractivity contribution in [3.63, 3.8) is 0 Å². The van der Waals surface area contributed by atoms with Gasteiger partial charge in [0.2, 0.25) is 0 Å². The maximum Gasteiger partial charge on any atom is 0.313 e. The molecule has 0 aliphatic heterocycles. The van der Waals surface area contributed by atoms with Crippen molar-refractivity contribution in [1.82, 2.24) is 5.32 Å². The third kappa shape index (κ3) is 5.28. The van der Waals surface area contributed by atoms with Crippen molar-refractivity contribution in [3.8, 4) is 5.75 Å². The normalized spacial score (nSPS) is 10.3. The summed E-state index contributed by atoms with van der Waals surface area (Å²) >= 11 is 5.78. The van der Waals surface area contributed by atoms with Crippen LogP contribution in [0.25, 0.3) is 0 Å². The van der Waals surface area contributed by atoms with Crippen LogP contribution in [0.5, 0.6) is 5.75 Å². The number of para-hydroxylation sites is 1. The summed E-state index contributed by atoms with van der Waals surface area (Å²) < 4.78 is 5.68. The maximum absolute atomic E-state index is 11.9. The fourth-order valence-electron chi connectivity index (χ4n) is 2.00. The number of nitrogens with one attached hydrogen (secondary N) is 2. The molecule has 0 radical (unpaired) electrons. The minimum absolute atomic E-state index is 0.0232. The average molecular weight is 347 g/mol. The molecule has 0 heterocycles. The van der Waals surface area contributed by atoms with Gasteiger partial charge in [-0.15, -0.1) is 0 Å². The standard InChI is InChI=1S/C18H19ClN2O3/c1-12(2)24-16-6-4-3-5-13(16)11-20-17(22)18(23)21-15-9-7-14(19)8-10-15/h3-10,12H,11H2,1-2H3,(H,20,22)(H,21,23). The monoisotopic (exact) mass is 346 g/mol. The van der Waals surface area contributed by atoms with E-state index in [9.17, 15) is 9.59 Å². The molecule has 2 rings (SSSR count). The van der Waals surface area contributed by atoms with Gasteiger partial charge in [-0.2, -0.15) is 0 Å². The van der Waals surface area contributed by atoms with Crippen LogP contribution in [0, 0.1) is 0 Å². The van der Waals surface area contributed by atoms with Crippen molar-refractivity contribution in [3.05, 3.63) is 59.1 Å². The van der Waals surface area contributed by atoms with Gasteiger partial charge in [-0.3, -0.25) is 9.59 Å². The first-order valence-corrected chi connectivity index (χ1v) is 7.93. The van der Waals surface area contributed by atoms with Gasteiger partial charge in [0.15, 0.2) is 0 Å². The zero-order valence-electron chi connectivity index (χ0n) is 13.5. The van der Waals surface area contributed by atoms with Gasteiger partial charge in [-0.1, -0.05) is 29.8 Å². The highest BCUT2D eigenvalue weighted by Crippen LogP contribution is 2.19. The molecule has 0 fully saturated rings. The lowest BCUT2D eigenvalue weighted by atomic mass is 10.2. The quantitative estimate of drug-likeness (QED) is 0.815. The summed E-state index contributed by atoms with van der Waals surface area (Å²) in [6.45, 7) is 4.06. The summed E-state index contributed by atoms with van der Waals surface area (Å²) in [7, 11) is 0. The van der Waals surface area contributed by atoms with Gasteiger partial charge in [-0.05, 0) is 44.2 Å². The van der Waals surface area contributed by atoms with Crippen LogP contribution in [0.1, 0.15) is 19.4 Å². The highest BCUT2D eigenvalue weighted by atomic mass is 35.5. The van der Waals surface area contributed by atoms with Gasteiger partial charge in [0.05, 0.1) is 6.10 Å². The van der Waals surface area contributed by atoms with E-state index in [2.05, 4.69) is 10.6 Å². The molecule has 0 saturated heterocycles. The predicted octanol–water partition coefficient (Wildman–Crippen LogP) is 3.38. The van der Waals surface area contributed by atoms with E-state index in [0.29, 0.717) is 16.5 Å². The summed E-state index contributed by atoms with van der Waals surface area (Å²) in [4.78, 5) is 23.8. The first-order chi connectivity index (χ1) is 11.5. The zero-order chi connectivity index (χ0) is 17.5. The van der Waals surface area contributed by atoms with Crippen LogP contribution in [0.4, 0.5) is 5.69 Å². The molecule has 0 unspecified atom stereocenters. The number of carbonyl (C=O) groups excluding carboxylic acids is 2. The molecule has 0 atom stereocenters. The zero-order valence-corrected chi connectivity index (χ0v) is 14.3. The number of amides is 2. The molecule has 2 N–H and O–H groups in total. The van der Waals surface area contributed by atoms with E-state index in [0.717, 1.165) is 5.56 Å². The predicted molar refractivity (Wildman–Crippen MR) is 94.1 cm³/mol. The fourth-order valence-corrected chi connectivity index (χ4v) is 2.12. The number of ether oxygens (including phenoxy) is 1. The Labute approximate surface area is 146 Å². The molecule has 0 saturated carbocycles. The molecular weight excluding hydrogens is 328 g/mol. The van der Waals surface area contributed by atoms with Crippen LogP contribution in [-0.4, -0.2) is 17.9 Å². The van der Waals surface area contributed by atoms with Crippen molar-refractivity contribution in [2.75, 3.05) is 5.32 Å². The molecule has 0 spiro atoms. The Kier molecular flexibility index (Phi) is 6.21.